The number of unbranched alkanes of at least 4 members (excludes halogenated alkanes) is 31. The van der Waals surface area contributed by atoms with E-state index in [1.54, 1.807) is 6.08 Å². The van der Waals surface area contributed by atoms with E-state index in [1.165, 1.54) is 154 Å². The Bertz CT molecular complexity index is 2390. The molecule has 0 aromatic carbocycles. The number of hydrogen-bond acceptors (Lipinski definition) is 18. The molecule has 0 aliphatic carbocycles. The molecule has 3 fully saturated rings. The first-order valence-corrected chi connectivity index (χ1v) is 41.8. The second-order valence-corrected chi connectivity index (χ2v) is 29.2. The molecule has 3 aliphatic heterocycles. The Morgan fingerprint density at radius 1 is 0.349 bits per heavy atom. The number of aliphatic hydroxyl groups excluding tert-OH is 11. The molecule has 1 amide bonds. The van der Waals surface area contributed by atoms with Crippen LogP contribution in [-0.4, -0.2) is 193 Å². The lowest BCUT2D eigenvalue weighted by atomic mass is 9.96. The first kappa shape index (κ1) is 96.4. The summed E-state index contributed by atoms with van der Waals surface area (Å²) in [5, 5.41) is 121. The van der Waals surface area contributed by atoms with Gasteiger partial charge in [0.2, 0.25) is 5.91 Å². The molecule has 19 nitrogen and oxygen atoms in total. The van der Waals surface area contributed by atoms with E-state index in [1.807, 2.05) is 6.08 Å². The molecule has 3 rings (SSSR count). The Hall–Kier alpha value is -3.81. The maximum atomic E-state index is 13.5. The van der Waals surface area contributed by atoms with E-state index in [4.69, 9.17) is 28.4 Å². The number of nitrogens with one attached hydrogen (secondary N) is 1. The van der Waals surface area contributed by atoms with E-state index in [0.717, 1.165) is 103 Å². The van der Waals surface area contributed by atoms with Crippen LogP contribution in [0.15, 0.2) is 122 Å². The summed E-state index contributed by atoms with van der Waals surface area (Å²) in [6.45, 7) is 1.61. The lowest BCUT2D eigenvalue weighted by Crippen LogP contribution is -2.66. The maximum absolute atomic E-state index is 13.5. The lowest BCUT2D eigenvalue weighted by molar-refractivity contribution is -0.379. The van der Waals surface area contributed by atoms with Crippen LogP contribution in [0.4, 0.5) is 0 Å². The fraction of sp³-hybridized carbons (Fsp3) is 0.759. The van der Waals surface area contributed by atoms with Crippen molar-refractivity contribution in [2.24, 2.45) is 0 Å². The van der Waals surface area contributed by atoms with E-state index < -0.39 is 124 Å². The van der Waals surface area contributed by atoms with Gasteiger partial charge in [0.1, 0.15) is 73.2 Å². The van der Waals surface area contributed by atoms with Gasteiger partial charge in [0.15, 0.2) is 18.9 Å². The summed E-state index contributed by atoms with van der Waals surface area (Å²) in [4.78, 5) is 13.5. The van der Waals surface area contributed by atoms with Crippen LogP contribution >= 0.6 is 0 Å². The van der Waals surface area contributed by atoms with Gasteiger partial charge in [-0.25, -0.2) is 0 Å². The fourth-order valence-electron chi connectivity index (χ4n) is 13.3. The summed E-state index contributed by atoms with van der Waals surface area (Å²) < 4.78 is 34.4. The van der Waals surface area contributed by atoms with Crippen molar-refractivity contribution in [2.45, 2.75) is 394 Å². The molecule has 19 heteroatoms. The van der Waals surface area contributed by atoms with Crippen LogP contribution in [0.5, 0.6) is 0 Å². The third kappa shape index (κ3) is 44.9. The van der Waals surface area contributed by atoms with Gasteiger partial charge in [0.25, 0.3) is 0 Å². The molecular formula is C87H149NO18. The summed E-state index contributed by atoms with van der Waals surface area (Å²) in [7, 11) is 0. The molecule has 3 heterocycles. The number of amides is 1. The van der Waals surface area contributed by atoms with Crippen molar-refractivity contribution in [1.82, 2.24) is 5.32 Å². The number of hydrogen-bond donors (Lipinski definition) is 12. The highest BCUT2D eigenvalue weighted by Crippen LogP contribution is 2.33. The first-order chi connectivity index (χ1) is 51.8. The zero-order valence-electron chi connectivity index (χ0n) is 65.4. The van der Waals surface area contributed by atoms with Crippen LogP contribution in [-0.2, 0) is 33.2 Å². The highest BCUT2D eigenvalue weighted by Gasteiger charge is 2.54. The molecule has 0 saturated carbocycles. The maximum Gasteiger partial charge on any atom is 0.220 e. The van der Waals surface area contributed by atoms with Crippen molar-refractivity contribution in [1.29, 1.82) is 0 Å². The number of allylic oxidation sites excluding steroid dienone is 19. The number of rotatable bonds is 65. The standard InChI is InChI=1S/C87H149NO18/c1-3-5-7-9-11-13-15-17-19-21-23-25-27-29-31-33-34-35-36-37-39-41-43-45-47-49-51-53-55-57-59-61-63-65-75(93)88-70(71(92)64-62-60-58-56-54-52-50-48-46-44-42-40-38-32-30-28-26-24-22-20-18-16-14-12-10-8-6-4-2)69-101-85-81(99)78(96)83(73(67-90)103-85)106-87-82(100)79(97)84(74(68-91)104-87)105-86-80(98)77(95)76(94)72(66-89)102-86/h5,7,11,13,17,19,23,25,29,31,34-35,37,39,46,48,54,56,62,64,70-74,76-87,89-92,94-100H,3-4,6,8-10,12,14-16,18,20-22,24,26-28,30,32-33,36,38,40-45,47,49-53,55,57-61,63,65-69H2,1-2H3,(H,88,93)/b7-5-,13-11-,19-17-,25-23-,31-29-,35-34-,39-37-,48-46+,56-54+,64-62+. The van der Waals surface area contributed by atoms with Crippen molar-refractivity contribution >= 4 is 5.91 Å². The summed E-state index contributed by atoms with van der Waals surface area (Å²) in [5.74, 6) is -0.295. The van der Waals surface area contributed by atoms with Crippen LogP contribution in [0.25, 0.3) is 0 Å². The highest BCUT2D eigenvalue weighted by molar-refractivity contribution is 5.76. The van der Waals surface area contributed by atoms with Gasteiger partial charge in [-0.3, -0.25) is 4.79 Å². The lowest BCUT2D eigenvalue weighted by Gasteiger charge is -2.48. The molecule has 0 bridgehead atoms. The van der Waals surface area contributed by atoms with Crippen LogP contribution < -0.4 is 5.32 Å². The molecule has 106 heavy (non-hydrogen) atoms. The summed E-state index contributed by atoms with van der Waals surface area (Å²) >= 11 is 0. The smallest absolute Gasteiger partial charge is 0.220 e. The molecule has 17 atom stereocenters. The molecule has 17 unspecified atom stereocenters. The fourth-order valence-corrected chi connectivity index (χ4v) is 13.3. The SMILES string of the molecule is CC/C=C\C/C=C\C/C=C\C/C=C\C/C=C\C/C=C\C/C=C\CCCCCCCCCCCCCC(=O)NC(COC1OC(CO)C(OC2OC(CO)C(OC3OC(CO)C(O)C(O)C3O)C(O)C2O)C(O)C1O)C(O)/C=C/CC/C=C/CC/C=C/CCCCCCCCCCCCCCCCCCCC. The van der Waals surface area contributed by atoms with Gasteiger partial charge in [-0.15, -0.1) is 0 Å². The molecule has 0 aromatic heterocycles. The molecule has 610 valence electrons. The molecule has 3 saturated heterocycles. The Kier molecular flexibility index (Phi) is 59.9. The van der Waals surface area contributed by atoms with Gasteiger partial charge in [0, 0.05) is 6.42 Å². The van der Waals surface area contributed by atoms with Gasteiger partial charge in [-0.1, -0.05) is 302 Å². The number of carbonyl (C=O) groups excluding carboxylic acids is 1. The number of aliphatic hydroxyl groups is 11. The number of carbonyl (C=O) groups is 1. The minimum Gasteiger partial charge on any atom is -0.394 e. The average Bonchev–Trinajstić information content (AvgIpc) is 0.781. The van der Waals surface area contributed by atoms with Crippen molar-refractivity contribution in [3.63, 3.8) is 0 Å². The third-order valence-electron chi connectivity index (χ3n) is 20.0. The second-order valence-electron chi connectivity index (χ2n) is 29.2. The van der Waals surface area contributed by atoms with Crippen molar-refractivity contribution < 1.29 is 89.4 Å². The summed E-state index contributed by atoms with van der Waals surface area (Å²) in [6.07, 6.45) is 66.1. The first-order valence-electron chi connectivity index (χ1n) is 41.8. The normalized spacial score (nSPS) is 26.3. The summed E-state index contributed by atoms with van der Waals surface area (Å²) in [5.41, 5.74) is 0. The predicted molar refractivity (Wildman–Crippen MR) is 424 cm³/mol. The number of ether oxygens (including phenoxy) is 6. The van der Waals surface area contributed by atoms with Gasteiger partial charge in [-0.05, 0) is 103 Å². The minimum absolute atomic E-state index is 0.221. The average molecular weight is 1500 g/mol. The quantitative estimate of drug-likeness (QED) is 0.0199. The van der Waals surface area contributed by atoms with Crippen molar-refractivity contribution in [3.05, 3.63) is 122 Å². The van der Waals surface area contributed by atoms with Gasteiger partial charge in [-0.2, -0.15) is 0 Å². The largest absolute Gasteiger partial charge is 0.394 e. The van der Waals surface area contributed by atoms with Crippen molar-refractivity contribution in [3.8, 4) is 0 Å². The molecule has 3 aliphatic rings. The van der Waals surface area contributed by atoms with E-state index >= 15 is 0 Å². The Morgan fingerprint density at radius 3 is 1.06 bits per heavy atom. The minimum atomic E-state index is -1.99. The van der Waals surface area contributed by atoms with Crippen LogP contribution in [0.3, 0.4) is 0 Å². The zero-order chi connectivity index (χ0) is 76.7. The van der Waals surface area contributed by atoms with Crippen molar-refractivity contribution in [2.75, 3.05) is 26.4 Å². The summed E-state index contributed by atoms with van der Waals surface area (Å²) in [6, 6.07) is -1.01. The topological polar surface area (TPSA) is 307 Å². The van der Waals surface area contributed by atoms with Crippen LogP contribution in [0, 0.1) is 0 Å². The Morgan fingerprint density at radius 2 is 0.660 bits per heavy atom. The zero-order valence-corrected chi connectivity index (χ0v) is 65.4. The molecular weight excluding hydrogens is 1350 g/mol. The van der Waals surface area contributed by atoms with E-state index in [9.17, 15) is 61.0 Å². The van der Waals surface area contributed by atoms with Crippen LogP contribution in [0.1, 0.15) is 290 Å². The van der Waals surface area contributed by atoms with E-state index in [-0.39, 0.29) is 18.9 Å². The van der Waals surface area contributed by atoms with Crippen LogP contribution in [0.2, 0.25) is 0 Å². The van der Waals surface area contributed by atoms with E-state index in [2.05, 4.69) is 129 Å². The van der Waals surface area contributed by atoms with Gasteiger partial charge in [0.05, 0.1) is 38.6 Å². The second kappa shape index (κ2) is 65.9. The van der Waals surface area contributed by atoms with Gasteiger partial charge < -0.3 is 89.9 Å². The molecule has 0 radical (unpaired) electrons. The highest BCUT2D eigenvalue weighted by atomic mass is 16.8. The molecule has 0 spiro atoms. The Balaban J connectivity index is 1.38. The third-order valence-corrected chi connectivity index (χ3v) is 20.0. The molecule has 12 N–H and O–H groups in total. The molecule has 0 aromatic rings. The van der Waals surface area contributed by atoms with E-state index in [0.29, 0.717) is 12.8 Å². The predicted octanol–water partition coefficient (Wildman–Crippen LogP) is 14.7. The van der Waals surface area contributed by atoms with Gasteiger partial charge >= 0.3 is 0 Å². The monoisotopic (exact) mass is 1500 g/mol. The Labute approximate surface area is 639 Å².